The van der Waals surface area contributed by atoms with Crippen LogP contribution in [-0.2, 0) is 4.79 Å². The van der Waals surface area contributed by atoms with E-state index in [1.807, 2.05) is 30.3 Å². The van der Waals surface area contributed by atoms with Crippen LogP contribution in [-0.4, -0.2) is 20.9 Å². The Balaban J connectivity index is 1.73. The molecule has 1 aromatic heterocycles. The summed E-state index contributed by atoms with van der Waals surface area (Å²) in [5.74, 6) is -2.16. The molecule has 0 saturated carbocycles. The van der Waals surface area contributed by atoms with Gasteiger partial charge in [-0.25, -0.2) is 13.5 Å². The van der Waals surface area contributed by atoms with Crippen molar-refractivity contribution in [1.29, 1.82) is 0 Å². The lowest BCUT2D eigenvalue weighted by Crippen LogP contribution is -2.23. The van der Waals surface area contributed by atoms with Gasteiger partial charge in [-0.1, -0.05) is 47.4 Å². The molecule has 9 heteroatoms. The molecule has 1 atom stereocenters. The van der Waals surface area contributed by atoms with E-state index >= 15 is 0 Å². The average Bonchev–Trinajstić information content (AvgIpc) is 2.99. The number of benzene rings is 2. The van der Waals surface area contributed by atoms with Crippen LogP contribution in [0.25, 0.3) is 5.69 Å². The van der Waals surface area contributed by atoms with Crippen LogP contribution >= 0.6 is 35.3 Å². The van der Waals surface area contributed by atoms with Gasteiger partial charge in [0.05, 0.1) is 10.9 Å². The summed E-state index contributed by atoms with van der Waals surface area (Å²) in [4.78, 5) is 12.3. The van der Waals surface area contributed by atoms with Crippen molar-refractivity contribution in [2.45, 2.75) is 16.5 Å². The zero-order valence-electron chi connectivity index (χ0n) is 13.5. The molecule has 0 fully saturated rings. The first kappa shape index (κ1) is 18.7. The lowest BCUT2D eigenvalue weighted by atomic mass is 10.3. The standard InChI is InChI=1S/C17H13F2N3OS3/c1-10(15(23)20-14-12(18)8-5-9-13(14)19)25-16-21-22(17(24)26-16)11-6-3-2-4-7-11/h2-10H,1H3,(H,20,23)/t10-/m1/s1. The van der Waals surface area contributed by atoms with E-state index in [4.69, 9.17) is 12.2 Å². The van der Waals surface area contributed by atoms with Gasteiger partial charge >= 0.3 is 0 Å². The molecule has 26 heavy (non-hydrogen) atoms. The molecule has 3 aromatic rings. The molecule has 134 valence electrons. The van der Waals surface area contributed by atoms with Crippen molar-refractivity contribution in [2.24, 2.45) is 0 Å². The van der Waals surface area contributed by atoms with Crippen LogP contribution in [0.3, 0.4) is 0 Å². The monoisotopic (exact) mass is 409 g/mol. The van der Waals surface area contributed by atoms with Gasteiger partial charge in [-0.15, -0.1) is 5.10 Å². The predicted molar refractivity (Wildman–Crippen MR) is 103 cm³/mol. The first-order chi connectivity index (χ1) is 12.5. The van der Waals surface area contributed by atoms with Crippen LogP contribution in [0, 0.1) is 15.6 Å². The minimum Gasteiger partial charge on any atom is -0.320 e. The normalized spacial score (nSPS) is 12.0. The summed E-state index contributed by atoms with van der Waals surface area (Å²) in [7, 11) is 0. The van der Waals surface area contributed by atoms with Crippen molar-refractivity contribution in [1.82, 2.24) is 9.78 Å². The molecular weight excluding hydrogens is 396 g/mol. The Labute approximate surface area is 161 Å². The Morgan fingerprint density at radius 1 is 1.19 bits per heavy atom. The molecular formula is C17H13F2N3OS3. The second-order valence-corrected chi connectivity index (χ2v) is 8.44. The van der Waals surface area contributed by atoms with Gasteiger partial charge in [0.25, 0.3) is 0 Å². The molecule has 0 saturated heterocycles. The summed E-state index contributed by atoms with van der Waals surface area (Å²) in [5.41, 5.74) is 0.374. The van der Waals surface area contributed by atoms with Crippen molar-refractivity contribution in [3.05, 3.63) is 64.1 Å². The van der Waals surface area contributed by atoms with E-state index in [1.165, 1.54) is 29.2 Å². The first-order valence-electron chi connectivity index (χ1n) is 7.53. The number of carbonyl (C=O) groups is 1. The van der Waals surface area contributed by atoms with Crippen LogP contribution in [0.4, 0.5) is 14.5 Å². The smallest absolute Gasteiger partial charge is 0.237 e. The summed E-state index contributed by atoms with van der Waals surface area (Å²) >= 11 is 7.76. The number of carbonyl (C=O) groups excluding carboxylic acids is 1. The molecule has 1 heterocycles. The highest BCUT2D eigenvalue weighted by Crippen LogP contribution is 2.29. The predicted octanol–water partition coefficient (Wildman–Crippen LogP) is 5.06. The van der Waals surface area contributed by atoms with Gasteiger partial charge in [-0.05, 0) is 43.4 Å². The Morgan fingerprint density at radius 2 is 1.85 bits per heavy atom. The number of halogens is 2. The second-order valence-electron chi connectivity index (χ2n) is 5.23. The lowest BCUT2D eigenvalue weighted by molar-refractivity contribution is -0.115. The fourth-order valence-corrected chi connectivity index (χ4v) is 4.59. The summed E-state index contributed by atoms with van der Waals surface area (Å²) < 4.78 is 30.1. The number of hydrogen-bond donors (Lipinski definition) is 1. The summed E-state index contributed by atoms with van der Waals surface area (Å²) in [6.45, 7) is 1.63. The third-order valence-corrected chi connectivity index (χ3v) is 5.80. The fourth-order valence-electron chi connectivity index (χ4n) is 2.09. The topological polar surface area (TPSA) is 46.9 Å². The maximum Gasteiger partial charge on any atom is 0.237 e. The van der Waals surface area contributed by atoms with Gasteiger partial charge in [0.15, 0.2) is 8.29 Å². The van der Waals surface area contributed by atoms with E-state index < -0.39 is 28.5 Å². The van der Waals surface area contributed by atoms with Crippen LogP contribution in [0.1, 0.15) is 6.92 Å². The van der Waals surface area contributed by atoms with E-state index in [0.29, 0.717) is 8.29 Å². The molecule has 0 aliphatic rings. The molecule has 4 nitrogen and oxygen atoms in total. The van der Waals surface area contributed by atoms with E-state index in [0.717, 1.165) is 17.8 Å². The van der Waals surface area contributed by atoms with Crippen molar-refractivity contribution in [3.8, 4) is 5.69 Å². The summed E-state index contributed by atoms with van der Waals surface area (Å²) in [6, 6.07) is 12.8. The molecule has 0 radical (unpaired) electrons. The molecule has 0 spiro atoms. The lowest BCUT2D eigenvalue weighted by Gasteiger charge is -2.11. The first-order valence-corrected chi connectivity index (χ1v) is 9.63. The molecule has 3 rings (SSSR count). The molecule has 0 unspecified atom stereocenters. The van der Waals surface area contributed by atoms with Gasteiger partial charge in [-0.3, -0.25) is 4.79 Å². The maximum absolute atomic E-state index is 13.7. The van der Waals surface area contributed by atoms with Gasteiger partial charge < -0.3 is 5.32 Å². The third-order valence-electron chi connectivity index (χ3n) is 3.39. The Hall–Kier alpha value is -2.10. The van der Waals surface area contributed by atoms with Crippen molar-refractivity contribution < 1.29 is 13.6 Å². The number of nitrogens with one attached hydrogen (secondary N) is 1. The highest BCUT2D eigenvalue weighted by atomic mass is 32.2. The van der Waals surface area contributed by atoms with Gasteiger partial charge in [0, 0.05) is 0 Å². The molecule has 0 bridgehead atoms. The molecule has 1 N–H and O–H groups in total. The van der Waals surface area contributed by atoms with Gasteiger partial charge in [0.2, 0.25) is 5.91 Å². The zero-order valence-corrected chi connectivity index (χ0v) is 15.9. The highest BCUT2D eigenvalue weighted by Gasteiger charge is 2.20. The number of aromatic nitrogens is 2. The van der Waals surface area contributed by atoms with E-state index in [9.17, 15) is 13.6 Å². The van der Waals surface area contributed by atoms with Crippen LogP contribution in [0.5, 0.6) is 0 Å². The van der Waals surface area contributed by atoms with Gasteiger partial charge in [-0.2, -0.15) is 0 Å². The van der Waals surface area contributed by atoms with E-state index in [2.05, 4.69) is 10.4 Å². The number of thioether (sulfide) groups is 1. The number of para-hydroxylation sites is 2. The summed E-state index contributed by atoms with van der Waals surface area (Å²) in [5, 5.41) is 6.08. The molecule has 2 aromatic carbocycles. The van der Waals surface area contributed by atoms with E-state index in [-0.39, 0.29) is 0 Å². The number of anilines is 1. The number of hydrogen-bond acceptors (Lipinski definition) is 5. The SMILES string of the molecule is C[C@@H](Sc1nn(-c2ccccc2)c(=S)s1)C(=O)Nc1c(F)cccc1F. The number of amides is 1. The Kier molecular flexibility index (Phi) is 5.80. The number of nitrogens with zero attached hydrogens (tertiary/aromatic N) is 2. The largest absolute Gasteiger partial charge is 0.320 e. The molecule has 0 aliphatic heterocycles. The Morgan fingerprint density at radius 3 is 2.50 bits per heavy atom. The van der Waals surface area contributed by atoms with Crippen LogP contribution < -0.4 is 5.32 Å². The average molecular weight is 410 g/mol. The minimum absolute atomic E-state index is 0.451. The van der Waals surface area contributed by atoms with E-state index in [1.54, 1.807) is 11.6 Å². The zero-order chi connectivity index (χ0) is 18.7. The minimum atomic E-state index is -0.820. The Bertz CT molecular complexity index is 968. The maximum atomic E-state index is 13.7. The van der Waals surface area contributed by atoms with Crippen molar-refractivity contribution >= 4 is 46.9 Å². The third kappa shape index (κ3) is 4.17. The van der Waals surface area contributed by atoms with Gasteiger partial charge in [0.1, 0.15) is 17.3 Å². The molecule has 1 amide bonds. The quantitative estimate of drug-likeness (QED) is 0.473. The highest BCUT2D eigenvalue weighted by molar-refractivity contribution is 8.02. The number of rotatable bonds is 5. The van der Waals surface area contributed by atoms with Crippen LogP contribution in [0.15, 0.2) is 52.9 Å². The molecule has 0 aliphatic carbocycles. The fraction of sp³-hybridized carbons (Fsp3) is 0.118. The second kappa shape index (κ2) is 8.07. The van der Waals surface area contributed by atoms with Crippen molar-refractivity contribution in [2.75, 3.05) is 5.32 Å². The summed E-state index contributed by atoms with van der Waals surface area (Å²) in [6.07, 6.45) is 0. The van der Waals surface area contributed by atoms with Crippen molar-refractivity contribution in [3.63, 3.8) is 0 Å². The van der Waals surface area contributed by atoms with Crippen LogP contribution in [0.2, 0.25) is 0 Å².